The Labute approximate surface area is 138 Å². The second kappa shape index (κ2) is 10.1. The molecular formula is C16H29N3O4. The molecule has 132 valence electrons. The molecule has 1 saturated heterocycles. The van der Waals surface area contributed by atoms with Crippen molar-refractivity contribution in [1.29, 1.82) is 0 Å². The van der Waals surface area contributed by atoms with Crippen molar-refractivity contribution in [2.45, 2.75) is 33.6 Å². The minimum absolute atomic E-state index is 0.120. The number of likely N-dealkylation sites (tertiary alicyclic amines) is 1. The zero-order valence-corrected chi connectivity index (χ0v) is 14.6. The van der Waals surface area contributed by atoms with Crippen molar-refractivity contribution < 1.29 is 19.1 Å². The van der Waals surface area contributed by atoms with Gasteiger partial charge in [0.2, 0.25) is 0 Å². The Bertz CT molecular complexity index is 426. The van der Waals surface area contributed by atoms with E-state index in [4.69, 9.17) is 9.47 Å². The topological polar surface area (TPSA) is 80.2 Å². The number of carbonyl (C=O) groups excluding carboxylic acids is 2. The lowest BCUT2D eigenvalue weighted by Crippen LogP contribution is -2.48. The van der Waals surface area contributed by atoms with Crippen molar-refractivity contribution >= 4 is 17.9 Å². The molecule has 0 aromatic carbocycles. The molecule has 1 N–H and O–H groups in total. The number of hydrogen-bond donors (Lipinski definition) is 1. The highest BCUT2D eigenvalue weighted by atomic mass is 16.5. The van der Waals surface area contributed by atoms with Gasteiger partial charge in [-0.05, 0) is 26.7 Å². The van der Waals surface area contributed by atoms with Gasteiger partial charge in [-0.2, -0.15) is 0 Å². The van der Waals surface area contributed by atoms with E-state index in [1.165, 1.54) is 7.11 Å². The van der Waals surface area contributed by atoms with Crippen LogP contribution >= 0.6 is 0 Å². The summed E-state index contributed by atoms with van der Waals surface area (Å²) in [6.07, 6.45) is 1.76. The third-order valence-corrected chi connectivity index (χ3v) is 3.79. The van der Waals surface area contributed by atoms with Gasteiger partial charge in [-0.15, -0.1) is 0 Å². The standard InChI is InChI=1S/C16H29N3O4/c1-5-17-16(18-10-12(3)14(20)22-4)19-9-7-8-13(11-19)15(21)23-6-2/h12-13H,5-11H2,1-4H3,(H,17,18). The summed E-state index contributed by atoms with van der Waals surface area (Å²) in [5.41, 5.74) is 0. The second-order valence-corrected chi connectivity index (χ2v) is 5.66. The van der Waals surface area contributed by atoms with Crippen LogP contribution in [0, 0.1) is 11.8 Å². The Hall–Kier alpha value is -1.79. The number of ether oxygens (including phenoxy) is 2. The van der Waals surface area contributed by atoms with Crippen molar-refractivity contribution in [3.05, 3.63) is 0 Å². The van der Waals surface area contributed by atoms with Crippen molar-refractivity contribution in [3.63, 3.8) is 0 Å². The molecule has 0 amide bonds. The fraction of sp³-hybridized carbons (Fsp3) is 0.812. The number of carbonyl (C=O) groups is 2. The first-order valence-electron chi connectivity index (χ1n) is 8.31. The highest BCUT2D eigenvalue weighted by molar-refractivity contribution is 5.82. The third-order valence-electron chi connectivity index (χ3n) is 3.79. The highest BCUT2D eigenvalue weighted by Gasteiger charge is 2.28. The minimum Gasteiger partial charge on any atom is -0.469 e. The van der Waals surface area contributed by atoms with Crippen LogP contribution in [0.4, 0.5) is 0 Å². The van der Waals surface area contributed by atoms with Crippen LogP contribution in [-0.4, -0.2) is 62.7 Å². The number of nitrogens with one attached hydrogen (secondary N) is 1. The van der Waals surface area contributed by atoms with Crippen LogP contribution in [0.5, 0.6) is 0 Å². The summed E-state index contributed by atoms with van der Waals surface area (Å²) in [5.74, 6) is -0.0919. The maximum absolute atomic E-state index is 11.9. The molecule has 1 aliphatic heterocycles. The Morgan fingerprint density at radius 1 is 1.39 bits per heavy atom. The van der Waals surface area contributed by atoms with Gasteiger partial charge in [0, 0.05) is 19.6 Å². The van der Waals surface area contributed by atoms with Crippen LogP contribution in [-0.2, 0) is 19.1 Å². The predicted molar refractivity (Wildman–Crippen MR) is 88.1 cm³/mol. The molecule has 1 heterocycles. The van der Waals surface area contributed by atoms with Crippen LogP contribution < -0.4 is 5.32 Å². The summed E-state index contributed by atoms with van der Waals surface area (Å²) in [7, 11) is 1.38. The molecule has 0 bridgehead atoms. The maximum atomic E-state index is 11.9. The summed E-state index contributed by atoms with van der Waals surface area (Å²) in [6, 6.07) is 0. The van der Waals surface area contributed by atoms with Gasteiger partial charge in [-0.25, -0.2) is 0 Å². The van der Waals surface area contributed by atoms with Crippen LogP contribution in [0.3, 0.4) is 0 Å². The summed E-state index contributed by atoms with van der Waals surface area (Å²) < 4.78 is 9.85. The third kappa shape index (κ3) is 6.08. The first-order chi connectivity index (χ1) is 11.0. The average Bonchev–Trinajstić information content (AvgIpc) is 2.57. The van der Waals surface area contributed by atoms with Gasteiger partial charge in [-0.3, -0.25) is 14.6 Å². The van der Waals surface area contributed by atoms with Crippen LogP contribution in [0.2, 0.25) is 0 Å². The Kier molecular flexibility index (Phi) is 8.43. The van der Waals surface area contributed by atoms with E-state index in [2.05, 4.69) is 15.2 Å². The lowest BCUT2D eigenvalue weighted by Gasteiger charge is -2.34. The molecule has 1 aliphatic rings. The maximum Gasteiger partial charge on any atom is 0.310 e. The molecule has 7 nitrogen and oxygen atoms in total. The quantitative estimate of drug-likeness (QED) is 0.446. The fourth-order valence-electron chi connectivity index (χ4n) is 2.55. The molecule has 23 heavy (non-hydrogen) atoms. The molecule has 0 aromatic heterocycles. The van der Waals surface area contributed by atoms with Gasteiger partial charge in [0.05, 0.1) is 32.1 Å². The smallest absolute Gasteiger partial charge is 0.310 e. The number of aliphatic imine (C=N–C) groups is 1. The Morgan fingerprint density at radius 3 is 2.74 bits per heavy atom. The summed E-state index contributed by atoms with van der Waals surface area (Å²) in [5, 5.41) is 3.23. The summed E-state index contributed by atoms with van der Waals surface area (Å²) >= 11 is 0. The van der Waals surface area contributed by atoms with Crippen LogP contribution in [0.1, 0.15) is 33.6 Å². The van der Waals surface area contributed by atoms with E-state index >= 15 is 0 Å². The lowest BCUT2D eigenvalue weighted by atomic mass is 9.98. The molecule has 0 radical (unpaired) electrons. The number of rotatable bonds is 6. The van der Waals surface area contributed by atoms with E-state index < -0.39 is 0 Å². The van der Waals surface area contributed by atoms with E-state index in [1.54, 1.807) is 6.92 Å². The Morgan fingerprint density at radius 2 is 2.13 bits per heavy atom. The molecule has 0 spiro atoms. The lowest BCUT2D eigenvalue weighted by molar-refractivity contribution is -0.149. The monoisotopic (exact) mass is 327 g/mol. The zero-order chi connectivity index (χ0) is 17.2. The highest BCUT2D eigenvalue weighted by Crippen LogP contribution is 2.18. The second-order valence-electron chi connectivity index (χ2n) is 5.66. The van der Waals surface area contributed by atoms with Gasteiger partial charge < -0.3 is 19.7 Å². The normalized spacial score (nSPS) is 19.9. The number of methoxy groups -OCH3 is 1. The van der Waals surface area contributed by atoms with Crippen molar-refractivity contribution in [2.24, 2.45) is 16.8 Å². The zero-order valence-electron chi connectivity index (χ0n) is 14.6. The molecule has 1 fully saturated rings. The molecule has 0 aromatic rings. The number of esters is 2. The molecule has 0 aliphatic carbocycles. The average molecular weight is 327 g/mol. The first-order valence-corrected chi connectivity index (χ1v) is 8.31. The number of piperidine rings is 1. The van der Waals surface area contributed by atoms with Crippen molar-refractivity contribution in [3.8, 4) is 0 Å². The Balaban J connectivity index is 2.71. The minimum atomic E-state index is -0.292. The van der Waals surface area contributed by atoms with Gasteiger partial charge in [0.1, 0.15) is 0 Å². The predicted octanol–water partition coefficient (Wildman–Crippen LogP) is 1.04. The van der Waals surface area contributed by atoms with Gasteiger partial charge >= 0.3 is 11.9 Å². The largest absolute Gasteiger partial charge is 0.469 e. The van der Waals surface area contributed by atoms with Crippen LogP contribution in [0.25, 0.3) is 0 Å². The molecule has 2 atom stereocenters. The van der Waals surface area contributed by atoms with E-state index in [1.807, 2.05) is 13.8 Å². The fourth-order valence-corrected chi connectivity index (χ4v) is 2.55. The molecular weight excluding hydrogens is 298 g/mol. The molecule has 1 rings (SSSR count). The number of guanidine groups is 1. The molecule has 0 saturated carbocycles. The van der Waals surface area contributed by atoms with E-state index in [0.29, 0.717) is 19.7 Å². The van der Waals surface area contributed by atoms with Crippen molar-refractivity contribution in [2.75, 3.05) is 39.9 Å². The van der Waals surface area contributed by atoms with Gasteiger partial charge in [0.15, 0.2) is 5.96 Å². The van der Waals surface area contributed by atoms with E-state index in [-0.39, 0.29) is 23.8 Å². The number of nitrogens with zero attached hydrogens (tertiary/aromatic N) is 2. The van der Waals surface area contributed by atoms with Gasteiger partial charge in [0.25, 0.3) is 0 Å². The van der Waals surface area contributed by atoms with Crippen LogP contribution in [0.15, 0.2) is 4.99 Å². The SMILES string of the molecule is CCNC(=NCC(C)C(=O)OC)N1CCCC(C(=O)OCC)C1. The number of hydrogen-bond acceptors (Lipinski definition) is 5. The van der Waals surface area contributed by atoms with Gasteiger partial charge in [-0.1, -0.05) is 6.92 Å². The first kappa shape index (κ1) is 19.3. The van der Waals surface area contributed by atoms with Crippen molar-refractivity contribution in [1.82, 2.24) is 10.2 Å². The summed E-state index contributed by atoms with van der Waals surface area (Å²) in [4.78, 5) is 30.0. The molecule has 7 heteroatoms. The van der Waals surface area contributed by atoms with E-state index in [9.17, 15) is 9.59 Å². The molecule has 2 unspecified atom stereocenters. The van der Waals surface area contributed by atoms with E-state index in [0.717, 1.165) is 31.9 Å². The summed E-state index contributed by atoms with van der Waals surface area (Å²) in [6.45, 7) is 8.52.